The molecule has 2 aromatic carbocycles. The molecule has 1 aliphatic rings. The molecular formula is C19H21N3O4S2. The van der Waals surface area contributed by atoms with Gasteiger partial charge in [0, 0.05) is 29.2 Å². The Labute approximate surface area is 168 Å². The number of hydrogen-bond donors (Lipinski definition) is 2. The number of amides is 2. The fraction of sp³-hybridized carbons (Fsp3) is 0.263. The highest BCUT2D eigenvalue weighted by Gasteiger charge is 2.22. The third-order valence-electron chi connectivity index (χ3n) is 4.31. The first-order chi connectivity index (χ1) is 13.3. The van der Waals surface area contributed by atoms with Crippen molar-refractivity contribution in [2.75, 3.05) is 29.5 Å². The summed E-state index contributed by atoms with van der Waals surface area (Å²) in [6, 6.07) is 11.3. The first-order valence-corrected chi connectivity index (χ1v) is 11.3. The molecule has 0 saturated carbocycles. The van der Waals surface area contributed by atoms with E-state index in [1.54, 1.807) is 44.2 Å². The number of fused-ring (bicyclic) bond motifs is 1. The molecule has 1 aliphatic heterocycles. The molecule has 3 rings (SSSR count). The van der Waals surface area contributed by atoms with Crippen LogP contribution < -0.4 is 10.6 Å². The van der Waals surface area contributed by atoms with Gasteiger partial charge in [0.1, 0.15) is 0 Å². The van der Waals surface area contributed by atoms with E-state index in [1.165, 1.54) is 28.2 Å². The molecular weight excluding hydrogens is 398 g/mol. The standard InChI is InChI=1S/C19H21N3O4S2/c1-3-22(4-2)28(25,26)15-7-5-6-14(11-15)20-19(24)13-8-9-17-16(10-13)21-18(23)12-27-17/h5-11H,3-4,12H2,1-2H3,(H,20,24)(H,21,23). The van der Waals surface area contributed by atoms with Crippen LogP contribution in [0.2, 0.25) is 0 Å². The smallest absolute Gasteiger partial charge is 0.255 e. The predicted octanol–water partition coefficient (Wildman–Crippen LogP) is 3.01. The summed E-state index contributed by atoms with van der Waals surface area (Å²) >= 11 is 1.42. The van der Waals surface area contributed by atoms with Crippen molar-refractivity contribution >= 4 is 45.0 Å². The summed E-state index contributed by atoms with van der Waals surface area (Å²) in [4.78, 5) is 25.2. The molecule has 0 spiro atoms. The lowest BCUT2D eigenvalue weighted by molar-refractivity contribution is -0.113. The van der Waals surface area contributed by atoms with E-state index in [1.807, 2.05) is 0 Å². The Balaban J connectivity index is 1.82. The Morgan fingerprint density at radius 1 is 1.18 bits per heavy atom. The van der Waals surface area contributed by atoms with Crippen LogP contribution in [0.3, 0.4) is 0 Å². The topological polar surface area (TPSA) is 95.6 Å². The van der Waals surface area contributed by atoms with Gasteiger partial charge in [0.05, 0.1) is 16.3 Å². The highest BCUT2D eigenvalue weighted by atomic mass is 32.2. The molecule has 0 saturated heterocycles. The summed E-state index contributed by atoms with van der Waals surface area (Å²) in [6.07, 6.45) is 0. The molecule has 2 aromatic rings. The molecule has 7 nitrogen and oxygen atoms in total. The quantitative estimate of drug-likeness (QED) is 0.750. The zero-order valence-corrected chi connectivity index (χ0v) is 17.2. The summed E-state index contributed by atoms with van der Waals surface area (Å²) in [5.41, 5.74) is 1.36. The van der Waals surface area contributed by atoms with Gasteiger partial charge in [0.2, 0.25) is 15.9 Å². The minimum absolute atomic E-state index is 0.107. The van der Waals surface area contributed by atoms with Crippen molar-refractivity contribution in [3.63, 3.8) is 0 Å². The van der Waals surface area contributed by atoms with E-state index in [0.717, 1.165) is 4.90 Å². The van der Waals surface area contributed by atoms with Gasteiger partial charge in [-0.15, -0.1) is 11.8 Å². The molecule has 2 N–H and O–H groups in total. The second-order valence-electron chi connectivity index (χ2n) is 6.12. The number of rotatable bonds is 6. The largest absolute Gasteiger partial charge is 0.324 e. The number of nitrogens with one attached hydrogen (secondary N) is 2. The van der Waals surface area contributed by atoms with Crippen LogP contribution in [-0.2, 0) is 14.8 Å². The Morgan fingerprint density at radius 2 is 1.93 bits per heavy atom. The first-order valence-electron chi connectivity index (χ1n) is 8.83. The molecule has 0 fully saturated rings. The Bertz CT molecular complexity index is 1020. The summed E-state index contributed by atoms with van der Waals surface area (Å²) < 4.78 is 26.7. The van der Waals surface area contributed by atoms with Gasteiger partial charge < -0.3 is 10.6 Å². The summed E-state index contributed by atoms with van der Waals surface area (Å²) in [5.74, 6) is -0.138. The van der Waals surface area contributed by atoms with E-state index in [0.29, 0.717) is 35.8 Å². The summed E-state index contributed by atoms with van der Waals surface area (Å²) in [7, 11) is -3.61. The maximum atomic E-state index is 12.7. The molecule has 0 bridgehead atoms. The van der Waals surface area contributed by atoms with Crippen molar-refractivity contribution < 1.29 is 18.0 Å². The van der Waals surface area contributed by atoms with Crippen LogP contribution in [0.15, 0.2) is 52.3 Å². The molecule has 0 atom stereocenters. The molecule has 148 valence electrons. The van der Waals surface area contributed by atoms with Crippen LogP contribution in [0.4, 0.5) is 11.4 Å². The third-order valence-corrected chi connectivity index (χ3v) is 7.43. The van der Waals surface area contributed by atoms with Crippen molar-refractivity contribution in [3.8, 4) is 0 Å². The number of carbonyl (C=O) groups is 2. The van der Waals surface area contributed by atoms with Crippen LogP contribution in [0, 0.1) is 0 Å². The number of nitrogens with zero attached hydrogens (tertiary/aromatic N) is 1. The second kappa shape index (κ2) is 8.34. The second-order valence-corrected chi connectivity index (χ2v) is 9.07. The van der Waals surface area contributed by atoms with Crippen molar-refractivity contribution in [1.29, 1.82) is 0 Å². The highest BCUT2D eigenvalue weighted by Crippen LogP contribution is 2.32. The maximum Gasteiger partial charge on any atom is 0.255 e. The van der Waals surface area contributed by atoms with Gasteiger partial charge in [-0.2, -0.15) is 4.31 Å². The zero-order chi connectivity index (χ0) is 20.3. The molecule has 0 aromatic heterocycles. The molecule has 2 amide bonds. The fourth-order valence-electron chi connectivity index (χ4n) is 2.87. The van der Waals surface area contributed by atoms with Crippen LogP contribution in [0.25, 0.3) is 0 Å². The number of carbonyl (C=O) groups excluding carboxylic acids is 2. The van der Waals surface area contributed by atoms with Crippen molar-refractivity contribution in [3.05, 3.63) is 48.0 Å². The predicted molar refractivity (Wildman–Crippen MR) is 110 cm³/mol. The monoisotopic (exact) mass is 419 g/mol. The number of anilines is 2. The number of sulfonamides is 1. The lowest BCUT2D eigenvalue weighted by atomic mass is 10.1. The summed E-state index contributed by atoms with van der Waals surface area (Å²) in [5, 5.41) is 5.47. The highest BCUT2D eigenvalue weighted by molar-refractivity contribution is 8.00. The van der Waals surface area contributed by atoms with Crippen molar-refractivity contribution in [1.82, 2.24) is 4.31 Å². The average Bonchev–Trinajstić information content (AvgIpc) is 2.68. The molecule has 1 heterocycles. The van der Waals surface area contributed by atoms with Crippen molar-refractivity contribution in [2.24, 2.45) is 0 Å². The number of benzene rings is 2. The van der Waals surface area contributed by atoms with Gasteiger partial charge in [-0.05, 0) is 36.4 Å². The van der Waals surface area contributed by atoms with E-state index in [2.05, 4.69) is 10.6 Å². The molecule has 28 heavy (non-hydrogen) atoms. The minimum Gasteiger partial charge on any atom is -0.324 e. The van der Waals surface area contributed by atoms with E-state index in [4.69, 9.17) is 0 Å². The summed E-state index contributed by atoms with van der Waals surface area (Å²) in [6.45, 7) is 4.29. The lowest BCUT2D eigenvalue weighted by Gasteiger charge is -2.19. The van der Waals surface area contributed by atoms with E-state index >= 15 is 0 Å². The average molecular weight is 420 g/mol. The number of thioether (sulfide) groups is 1. The molecule has 0 radical (unpaired) electrons. The van der Waals surface area contributed by atoms with Crippen LogP contribution >= 0.6 is 11.8 Å². The van der Waals surface area contributed by atoms with E-state index in [9.17, 15) is 18.0 Å². The van der Waals surface area contributed by atoms with Gasteiger partial charge in [0.25, 0.3) is 5.91 Å². The van der Waals surface area contributed by atoms with Gasteiger partial charge in [-0.1, -0.05) is 19.9 Å². The van der Waals surface area contributed by atoms with Gasteiger partial charge in [-0.3, -0.25) is 9.59 Å². The van der Waals surface area contributed by atoms with Crippen molar-refractivity contribution in [2.45, 2.75) is 23.6 Å². The van der Waals surface area contributed by atoms with Crippen LogP contribution in [0.5, 0.6) is 0 Å². The van der Waals surface area contributed by atoms with E-state index < -0.39 is 10.0 Å². The molecule has 0 aliphatic carbocycles. The fourth-order valence-corrected chi connectivity index (χ4v) is 5.17. The first kappa shape index (κ1) is 20.4. The Morgan fingerprint density at radius 3 is 2.64 bits per heavy atom. The number of hydrogen-bond acceptors (Lipinski definition) is 5. The third kappa shape index (κ3) is 4.21. The van der Waals surface area contributed by atoms with Gasteiger partial charge in [-0.25, -0.2) is 8.42 Å². The van der Waals surface area contributed by atoms with Gasteiger partial charge in [0.15, 0.2) is 0 Å². The van der Waals surface area contributed by atoms with E-state index in [-0.39, 0.29) is 16.7 Å². The minimum atomic E-state index is -3.61. The molecule has 9 heteroatoms. The Kier molecular flexibility index (Phi) is 6.07. The molecule has 0 unspecified atom stereocenters. The normalized spacial score (nSPS) is 13.8. The SMILES string of the molecule is CCN(CC)S(=O)(=O)c1cccc(NC(=O)c2ccc3c(c2)NC(=O)CS3)c1. The van der Waals surface area contributed by atoms with Gasteiger partial charge >= 0.3 is 0 Å². The maximum absolute atomic E-state index is 12.7. The lowest BCUT2D eigenvalue weighted by Crippen LogP contribution is -2.30. The Hall–Kier alpha value is -2.36. The zero-order valence-electron chi connectivity index (χ0n) is 15.6. The van der Waals surface area contributed by atoms with Crippen LogP contribution in [-0.4, -0.2) is 43.4 Å². The van der Waals surface area contributed by atoms with Crippen LogP contribution in [0.1, 0.15) is 24.2 Å².